The van der Waals surface area contributed by atoms with Crippen LogP contribution in [0.3, 0.4) is 0 Å². The summed E-state index contributed by atoms with van der Waals surface area (Å²) < 4.78 is 11.4. The minimum Gasteiger partial charge on any atom is -0.494 e. The molecule has 0 aromatic heterocycles. The lowest BCUT2D eigenvalue weighted by Gasteiger charge is -2.21. The van der Waals surface area contributed by atoms with Gasteiger partial charge in [0.25, 0.3) is 11.8 Å². The summed E-state index contributed by atoms with van der Waals surface area (Å²) in [6, 6.07) is 20.6. The number of carbonyl (C=O) groups is 2. The number of hydrogen-bond donors (Lipinski definition) is 2. The Morgan fingerprint density at radius 1 is 1.00 bits per heavy atom. The minimum absolute atomic E-state index is 0.270. The standard InChI is InChI=1S/C29H31Cl2N3O4/c1-3-4-16-37-24-13-10-22(11-14-24)19-32-34-29(36)26(17-21-8-6-5-7-9-21)33-28(35)20(2)38-27-15-12-23(30)18-25(27)31/h5-15,18-20,26H,3-4,16-17H2,1-2H3,(H,33,35)(H,34,36)/b32-19-/t20-,26-/m1/s1. The van der Waals surface area contributed by atoms with Crippen LogP contribution < -0.4 is 20.2 Å². The van der Waals surface area contributed by atoms with Crippen molar-refractivity contribution in [2.24, 2.45) is 5.10 Å². The fourth-order valence-corrected chi connectivity index (χ4v) is 3.85. The third kappa shape index (κ3) is 9.39. The number of rotatable bonds is 13. The number of carbonyl (C=O) groups excluding carboxylic acids is 2. The largest absolute Gasteiger partial charge is 0.494 e. The Bertz CT molecular complexity index is 1220. The van der Waals surface area contributed by atoms with E-state index in [0.717, 1.165) is 29.7 Å². The summed E-state index contributed by atoms with van der Waals surface area (Å²) in [5.41, 5.74) is 4.20. The molecule has 0 unspecified atom stereocenters. The van der Waals surface area contributed by atoms with Gasteiger partial charge in [-0.05, 0) is 66.9 Å². The highest BCUT2D eigenvalue weighted by Gasteiger charge is 2.25. The van der Waals surface area contributed by atoms with E-state index in [2.05, 4.69) is 22.8 Å². The molecule has 7 nitrogen and oxygen atoms in total. The van der Waals surface area contributed by atoms with Gasteiger partial charge in [0.1, 0.15) is 17.5 Å². The van der Waals surface area contributed by atoms with Crippen LogP contribution in [0.5, 0.6) is 11.5 Å². The van der Waals surface area contributed by atoms with E-state index < -0.39 is 24.0 Å². The number of benzene rings is 3. The number of unbranched alkanes of at least 4 members (excludes halogenated alkanes) is 1. The molecular formula is C29H31Cl2N3O4. The number of halogens is 2. The fourth-order valence-electron chi connectivity index (χ4n) is 3.40. The number of amides is 2. The van der Waals surface area contributed by atoms with Crippen molar-refractivity contribution < 1.29 is 19.1 Å². The number of nitrogens with one attached hydrogen (secondary N) is 2. The fraction of sp³-hybridized carbons (Fsp3) is 0.276. The molecule has 2 N–H and O–H groups in total. The van der Waals surface area contributed by atoms with Crippen molar-refractivity contribution in [2.75, 3.05) is 6.61 Å². The molecule has 3 rings (SSSR count). The molecule has 0 aliphatic heterocycles. The first-order valence-electron chi connectivity index (χ1n) is 12.4. The quantitative estimate of drug-likeness (QED) is 0.158. The summed E-state index contributed by atoms with van der Waals surface area (Å²) in [7, 11) is 0. The van der Waals surface area contributed by atoms with Crippen LogP contribution in [0.2, 0.25) is 10.0 Å². The van der Waals surface area contributed by atoms with Crippen molar-refractivity contribution in [1.82, 2.24) is 10.7 Å². The van der Waals surface area contributed by atoms with Gasteiger partial charge in [0.2, 0.25) is 0 Å². The molecule has 0 aliphatic rings. The number of nitrogens with zero attached hydrogens (tertiary/aromatic N) is 1. The Labute approximate surface area is 233 Å². The van der Waals surface area contributed by atoms with E-state index in [1.807, 2.05) is 54.6 Å². The van der Waals surface area contributed by atoms with Gasteiger partial charge in [0.15, 0.2) is 6.10 Å². The van der Waals surface area contributed by atoms with Crippen LogP contribution in [0.25, 0.3) is 0 Å². The average molecular weight is 556 g/mol. The van der Waals surface area contributed by atoms with E-state index in [1.165, 1.54) is 12.3 Å². The molecule has 2 atom stereocenters. The van der Waals surface area contributed by atoms with Crippen molar-refractivity contribution in [3.8, 4) is 11.5 Å². The van der Waals surface area contributed by atoms with Gasteiger partial charge in [0.05, 0.1) is 17.8 Å². The lowest BCUT2D eigenvalue weighted by atomic mass is 10.1. The minimum atomic E-state index is -0.915. The van der Waals surface area contributed by atoms with Crippen molar-refractivity contribution in [1.29, 1.82) is 0 Å². The predicted octanol–water partition coefficient (Wildman–Crippen LogP) is 5.82. The molecular weight excluding hydrogens is 525 g/mol. The van der Waals surface area contributed by atoms with Gasteiger partial charge in [-0.25, -0.2) is 5.43 Å². The first kappa shape index (κ1) is 29.0. The molecule has 38 heavy (non-hydrogen) atoms. The molecule has 200 valence electrons. The zero-order valence-corrected chi connectivity index (χ0v) is 22.8. The lowest BCUT2D eigenvalue weighted by molar-refractivity contribution is -0.132. The second kappa shape index (κ2) is 15.0. The number of hydrogen-bond acceptors (Lipinski definition) is 5. The number of hydrazone groups is 1. The average Bonchev–Trinajstić information content (AvgIpc) is 2.91. The van der Waals surface area contributed by atoms with E-state index in [0.29, 0.717) is 17.4 Å². The normalized spacial score (nSPS) is 12.5. The van der Waals surface area contributed by atoms with Gasteiger partial charge >= 0.3 is 0 Å². The van der Waals surface area contributed by atoms with Crippen molar-refractivity contribution in [3.05, 3.63) is 94.0 Å². The summed E-state index contributed by atoms with van der Waals surface area (Å²) >= 11 is 12.1. The molecule has 0 aliphatic carbocycles. The summed E-state index contributed by atoms with van der Waals surface area (Å²) in [5.74, 6) is 0.153. The lowest BCUT2D eigenvalue weighted by Crippen LogP contribution is -2.50. The van der Waals surface area contributed by atoms with Crippen LogP contribution >= 0.6 is 23.2 Å². The Balaban J connectivity index is 1.63. The second-order valence-electron chi connectivity index (χ2n) is 8.59. The van der Waals surface area contributed by atoms with Crippen molar-refractivity contribution in [3.63, 3.8) is 0 Å². The highest BCUT2D eigenvalue weighted by molar-refractivity contribution is 6.35. The molecule has 2 amide bonds. The maximum Gasteiger partial charge on any atom is 0.262 e. The Morgan fingerprint density at radius 2 is 1.74 bits per heavy atom. The Kier molecular flexibility index (Phi) is 11.5. The van der Waals surface area contributed by atoms with Gasteiger partial charge < -0.3 is 14.8 Å². The van der Waals surface area contributed by atoms with Gasteiger partial charge in [-0.1, -0.05) is 66.9 Å². The van der Waals surface area contributed by atoms with Gasteiger partial charge in [-0.15, -0.1) is 0 Å². The molecule has 0 radical (unpaired) electrons. The van der Waals surface area contributed by atoms with Crippen LogP contribution in [0.15, 0.2) is 77.9 Å². The van der Waals surface area contributed by atoms with E-state index in [4.69, 9.17) is 32.7 Å². The van der Waals surface area contributed by atoms with Gasteiger partial charge in [-0.2, -0.15) is 5.10 Å². The van der Waals surface area contributed by atoms with E-state index >= 15 is 0 Å². The van der Waals surface area contributed by atoms with Crippen LogP contribution in [0.1, 0.15) is 37.8 Å². The van der Waals surface area contributed by atoms with Crippen LogP contribution in [-0.4, -0.2) is 36.8 Å². The van der Waals surface area contributed by atoms with E-state index in [1.54, 1.807) is 19.1 Å². The number of ether oxygens (including phenoxy) is 2. The highest BCUT2D eigenvalue weighted by Crippen LogP contribution is 2.28. The summed E-state index contributed by atoms with van der Waals surface area (Å²) in [6.07, 6.45) is 2.95. The molecule has 0 fully saturated rings. The molecule has 3 aromatic carbocycles. The summed E-state index contributed by atoms with van der Waals surface area (Å²) in [5, 5.41) is 7.57. The van der Waals surface area contributed by atoms with Crippen molar-refractivity contribution in [2.45, 2.75) is 45.3 Å². The maximum atomic E-state index is 13.0. The predicted molar refractivity (Wildman–Crippen MR) is 151 cm³/mol. The molecule has 0 bridgehead atoms. The topological polar surface area (TPSA) is 89.0 Å². The third-order valence-electron chi connectivity index (χ3n) is 5.52. The summed E-state index contributed by atoms with van der Waals surface area (Å²) in [4.78, 5) is 25.9. The SMILES string of the molecule is CCCCOc1ccc(/C=N\NC(=O)[C@@H](Cc2ccccc2)NC(=O)[C@@H](C)Oc2ccc(Cl)cc2Cl)cc1. The van der Waals surface area contributed by atoms with E-state index in [9.17, 15) is 9.59 Å². The monoisotopic (exact) mass is 555 g/mol. The molecule has 9 heteroatoms. The molecule has 0 spiro atoms. The first-order chi connectivity index (χ1) is 18.4. The molecule has 0 saturated carbocycles. The zero-order chi connectivity index (χ0) is 27.3. The van der Waals surface area contributed by atoms with E-state index in [-0.39, 0.29) is 11.4 Å². The van der Waals surface area contributed by atoms with Crippen LogP contribution in [0, 0.1) is 0 Å². The smallest absolute Gasteiger partial charge is 0.262 e. The second-order valence-corrected chi connectivity index (χ2v) is 9.43. The third-order valence-corrected chi connectivity index (χ3v) is 6.05. The molecule has 3 aromatic rings. The first-order valence-corrected chi connectivity index (χ1v) is 13.1. The zero-order valence-electron chi connectivity index (χ0n) is 21.3. The Morgan fingerprint density at radius 3 is 2.42 bits per heavy atom. The van der Waals surface area contributed by atoms with Crippen LogP contribution in [0.4, 0.5) is 0 Å². The van der Waals surface area contributed by atoms with Crippen molar-refractivity contribution >= 4 is 41.2 Å². The van der Waals surface area contributed by atoms with Gasteiger partial charge in [0, 0.05) is 11.4 Å². The Hall–Kier alpha value is -3.55. The highest BCUT2D eigenvalue weighted by atomic mass is 35.5. The molecule has 0 saturated heterocycles. The maximum absolute atomic E-state index is 13.0. The van der Waals surface area contributed by atoms with Crippen LogP contribution in [-0.2, 0) is 16.0 Å². The van der Waals surface area contributed by atoms with Gasteiger partial charge in [-0.3, -0.25) is 9.59 Å². The summed E-state index contributed by atoms with van der Waals surface area (Å²) in [6.45, 7) is 4.36. The molecule has 0 heterocycles.